The van der Waals surface area contributed by atoms with E-state index >= 15 is 0 Å². The zero-order valence-corrected chi connectivity index (χ0v) is 15.4. The van der Waals surface area contributed by atoms with Crippen molar-refractivity contribution in [3.8, 4) is 11.5 Å². The first kappa shape index (κ1) is 19.9. The van der Waals surface area contributed by atoms with Crippen molar-refractivity contribution in [1.29, 1.82) is 0 Å². The fourth-order valence-electron chi connectivity index (χ4n) is 2.42. The molecule has 6 nitrogen and oxygen atoms in total. The molecule has 0 aliphatic heterocycles. The summed E-state index contributed by atoms with van der Waals surface area (Å²) >= 11 is 0. The Hall–Kier alpha value is -3.41. The molecule has 6 heteroatoms. The molecular formula is C21H21NO5. The van der Waals surface area contributed by atoms with Gasteiger partial charge in [0.1, 0.15) is 11.5 Å². The van der Waals surface area contributed by atoms with Gasteiger partial charge in [-0.15, -0.1) is 0 Å². The number of nitrogens with zero attached hydrogens (tertiary/aromatic N) is 1. The van der Waals surface area contributed by atoms with Crippen LogP contribution in [0.15, 0.2) is 66.8 Å². The average molecular weight is 367 g/mol. The predicted molar refractivity (Wildman–Crippen MR) is 104 cm³/mol. The number of allylic oxidation sites excluding steroid dienone is 3. The zero-order chi connectivity index (χ0) is 19.8. The van der Waals surface area contributed by atoms with Gasteiger partial charge < -0.3 is 9.47 Å². The molecule has 2 aromatic carbocycles. The van der Waals surface area contributed by atoms with Crippen LogP contribution < -0.4 is 9.47 Å². The van der Waals surface area contributed by atoms with Crippen LogP contribution in [-0.4, -0.2) is 18.0 Å². The number of hydrogen-bond donors (Lipinski definition) is 0. The second kappa shape index (κ2) is 9.33. The van der Waals surface area contributed by atoms with E-state index in [1.807, 2.05) is 30.3 Å². The van der Waals surface area contributed by atoms with Crippen LogP contribution in [0.2, 0.25) is 0 Å². The third-order valence-corrected chi connectivity index (χ3v) is 3.82. The quantitative estimate of drug-likeness (QED) is 0.175. The van der Waals surface area contributed by atoms with Crippen molar-refractivity contribution < 1.29 is 19.2 Å². The van der Waals surface area contributed by atoms with Crippen molar-refractivity contribution in [3.63, 3.8) is 0 Å². The van der Waals surface area contributed by atoms with Gasteiger partial charge in [-0.1, -0.05) is 38.1 Å². The number of rotatable bonds is 7. The molecule has 0 unspecified atom stereocenters. The van der Waals surface area contributed by atoms with Crippen LogP contribution in [0.5, 0.6) is 11.5 Å². The summed E-state index contributed by atoms with van der Waals surface area (Å²) in [4.78, 5) is 22.0. The lowest BCUT2D eigenvalue weighted by Crippen LogP contribution is -2.03. The normalized spacial score (nSPS) is 11.6. The lowest BCUT2D eigenvalue weighted by Gasteiger charge is -2.11. The fraction of sp³-hybridized carbons (Fsp3) is 0.190. The standard InChI is InChI=1S/C21H21NO5/c1-15(2)20(16-7-11-18(26-3)12-8-16)5-4-6-21(23)27-19-13-9-17(10-14-19)22(24)25/h4-15H,1-3H3/b6-4+,20-5+. The Balaban J connectivity index is 2.06. The van der Waals surface area contributed by atoms with Crippen LogP contribution in [-0.2, 0) is 4.79 Å². The molecule has 0 fully saturated rings. The number of hydrogen-bond acceptors (Lipinski definition) is 5. The smallest absolute Gasteiger partial charge is 0.336 e. The Labute approximate surface area is 157 Å². The van der Waals surface area contributed by atoms with Gasteiger partial charge >= 0.3 is 5.97 Å². The lowest BCUT2D eigenvalue weighted by molar-refractivity contribution is -0.384. The van der Waals surface area contributed by atoms with Crippen molar-refractivity contribution >= 4 is 17.2 Å². The maximum atomic E-state index is 11.9. The third-order valence-electron chi connectivity index (χ3n) is 3.82. The van der Waals surface area contributed by atoms with E-state index in [1.165, 1.54) is 30.3 Å². The van der Waals surface area contributed by atoms with E-state index in [2.05, 4.69) is 13.8 Å². The zero-order valence-electron chi connectivity index (χ0n) is 15.4. The number of nitro benzene ring substituents is 1. The molecule has 27 heavy (non-hydrogen) atoms. The maximum absolute atomic E-state index is 11.9. The molecule has 0 aromatic heterocycles. The van der Waals surface area contributed by atoms with E-state index in [0.29, 0.717) is 0 Å². The van der Waals surface area contributed by atoms with Gasteiger partial charge in [0.15, 0.2) is 0 Å². The van der Waals surface area contributed by atoms with E-state index < -0.39 is 10.9 Å². The summed E-state index contributed by atoms with van der Waals surface area (Å²) in [5.41, 5.74) is 2.05. The minimum absolute atomic E-state index is 0.0608. The summed E-state index contributed by atoms with van der Waals surface area (Å²) in [6, 6.07) is 13.0. The minimum atomic E-state index is -0.557. The van der Waals surface area contributed by atoms with E-state index in [0.717, 1.165) is 16.9 Å². The minimum Gasteiger partial charge on any atom is -0.497 e. The van der Waals surface area contributed by atoms with Gasteiger partial charge in [0.2, 0.25) is 0 Å². The molecule has 140 valence electrons. The number of esters is 1. The molecule has 0 saturated carbocycles. The summed E-state index contributed by atoms with van der Waals surface area (Å²) in [5.74, 6) is 0.731. The van der Waals surface area contributed by atoms with Gasteiger partial charge in [-0.25, -0.2) is 4.79 Å². The van der Waals surface area contributed by atoms with Gasteiger partial charge in [0.25, 0.3) is 5.69 Å². The van der Waals surface area contributed by atoms with E-state index in [-0.39, 0.29) is 17.4 Å². The molecule has 0 spiro atoms. The van der Waals surface area contributed by atoms with Crippen LogP contribution in [0.3, 0.4) is 0 Å². The van der Waals surface area contributed by atoms with Gasteiger partial charge in [-0.05, 0) is 41.3 Å². The molecule has 0 N–H and O–H groups in total. The van der Waals surface area contributed by atoms with Crippen LogP contribution >= 0.6 is 0 Å². The number of carbonyl (C=O) groups is 1. The summed E-state index contributed by atoms with van der Waals surface area (Å²) in [7, 11) is 1.62. The molecule has 0 amide bonds. The van der Waals surface area contributed by atoms with Crippen molar-refractivity contribution in [3.05, 3.63) is 82.4 Å². The van der Waals surface area contributed by atoms with Crippen molar-refractivity contribution in [2.45, 2.75) is 13.8 Å². The second-order valence-electron chi connectivity index (χ2n) is 6.04. The lowest BCUT2D eigenvalue weighted by atomic mass is 9.95. The van der Waals surface area contributed by atoms with Crippen LogP contribution in [0.4, 0.5) is 5.69 Å². The van der Waals surface area contributed by atoms with Gasteiger partial charge in [-0.3, -0.25) is 10.1 Å². The second-order valence-corrected chi connectivity index (χ2v) is 6.04. The van der Waals surface area contributed by atoms with Crippen molar-refractivity contribution in [2.75, 3.05) is 7.11 Å². The molecule has 0 bridgehead atoms. The molecule has 0 aliphatic carbocycles. The summed E-state index contributed by atoms with van der Waals surface area (Å²) < 4.78 is 10.3. The Morgan fingerprint density at radius 2 is 1.63 bits per heavy atom. The molecule has 0 aliphatic rings. The molecule has 0 heterocycles. The molecular weight excluding hydrogens is 346 g/mol. The van der Waals surface area contributed by atoms with Gasteiger partial charge in [0.05, 0.1) is 12.0 Å². The molecule has 2 aromatic rings. The number of methoxy groups -OCH3 is 1. The first-order valence-electron chi connectivity index (χ1n) is 8.39. The summed E-state index contributed by atoms with van der Waals surface area (Å²) in [6.07, 6.45) is 4.81. The van der Waals surface area contributed by atoms with Gasteiger partial charge in [-0.2, -0.15) is 0 Å². The number of non-ortho nitro benzene ring substituents is 1. The molecule has 2 rings (SSSR count). The largest absolute Gasteiger partial charge is 0.497 e. The Kier molecular flexibility index (Phi) is 6.88. The molecule has 0 atom stereocenters. The first-order chi connectivity index (χ1) is 12.9. The number of carbonyl (C=O) groups excluding carboxylic acids is 1. The van der Waals surface area contributed by atoms with Crippen molar-refractivity contribution in [2.24, 2.45) is 5.92 Å². The highest BCUT2D eigenvalue weighted by atomic mass is 16.6. The topological polar surface area (TPSA) is 78.7 Å². The van der Waals surface area contributed by atoms with E-state index in [4.69, 9.17) is 9.47 Å². The highest BCUT2D eigenvalue weighted by Gasteiger charge is 2.07. The van der Waals surface area contributed by atoms with Crippen LogP contribution in [0.25, 0.3) is 5.57 Å². The highest BCUT2D eigenvalue weighted by Crippen LogP contribution is 2.25. The Morgan fingerprint density at radius 1 is 1.04 bits per heavy atom. The molecule has 0 saturated heterocycles. The van der Waals surface area contributed by atoms with Crippen molar-refractivity contribution in [1.82, 2.24) is 0 Å². The van der Waals surface area contributed by atoms with E-state index in [9.17, 15) is 14.9 Å². The van der Waals surface area contributed by atoms with Crippen LogP contribution in [0, 0.1) is 16.0 Å². The summed E-state index contributed by atoms with van der Waals surface area (Å²) in [5, 5.41) is 10.6. The Morgan fingerprint density at radius 3 is 2.15 bits per heavy atom. The Bertz CT molecular complexity index is 849. The first-order valence-corrected chi connectivity index (χ1v) is 8.39. The van der Waals surface area contributed by atoms with E-state index in [1.54, 1.807) is 13.2 Å². The van der Waals surface area contributed by atoms with Gasteiger partial charge in [0, 0.05) is 18.2 Å². The molecule has 0 radical (unpaired) electrons. The summed E-state index contributed by atoms with van der Waals surface area (Å²) in [6.45, 7) is 4.14. The third kappa shape index (κ3) is 5.81. The average Bonchev–Trinajstić information content (AvgIpc) is 2.65. The monoisotopic (exact) mass is 367 g/mol. The predicted octanol–water partition coefficient (Wildman–Crippen LogP) is 4.80. The highest BCUT2D eigenvalue weighted by molar-refractivity contribution is 5.85. The number of benzene rings is 2. The van der Waals surface area contributed by atoms with Crippen LogP contribution in [0.1, 0.15) is 19.4 Å². The maximum Gasteiger partial charge on any atom is 0.336 e. The fourth-order valence-corrected chi connectivity index (χ4v) is 2.42. The number of ether oxygens (including phenoxy) is 2. The SMILES string of the molecule is COc1ccc(/C(=C/C=C/C(=O)Oc2ccc([N+](=O)[O-])cc2)C(C)C)cc1. The number of nitro groups is 1.